The molecule has 0 saturated heterocycles. The maximum absolute atomic E-state index is 12.1. The van der Waals surface area contributed by atoms with E-state index in [4.69, 9.17) is 11.6 Å². The lowest BCUT2D eigenvalue weighted by atomic mass is 9.87. The zero-order valence-corrected chi connectivity index (χ0v) is 13.3. The van der Waals surface area contributed by atoms with Gasteiger partial charge < -0.3 is 5.32 Å². The molecule has 1 amide bonds. The van der Waals surface area contributed by atoms with E-state index in [0.717, 1.165) is 12.3 Å². The quantitative estimate of drug-likeness (QED) is 0.667. The van der Waals surface area contributed by atoms with Crippen LogP contribution in [-0.2, 0) is 0 Å². The maximum Gasteiger partial charge on any atom is 0.271 e. The molecule has 20 heavy (non-hydrogen) atoms. The van der Waals surface area contributed by atoms with Crippen molar-refractivity contribution < 1.29 is 4.79 Å². The number of thioether (sulfide) groups is 1. The normalized spacial score (nSPS) is 16.1. The number of nitrogens with zero attached hydrogens (tertiary/aromatic N) is 2. The lowest BCUT2D eigenvalue weighted by Crippen LogP contribution is -2.27. The maximum atomic E-state index is 12.1. The van der Waals surface area contributed by atoms with Crippen molar-refractivity contribution in [2.45, 2.75) is 43.7 Å². The molecule has 2 rings (SSSR count). The van der Waals surface area contributed by atoms with Crippen LogP contribution in [0.5, 0.6) is 0 Å². The van der Waals surface area contributed by atoms with Crippen molar-refractivity contribution >= 4 is 29.3 Å². The Balaban J connectivity index is 1.84. The van der Waals surface area contributed by atoms with Gasteiger partial charge in [0.2, 0.25) is 0 Å². The highest BCUT2D eigenvalue weighted by Crippen LogP contribution is 2.25. The van der Waals surface area contributed by atoms with Gasteiger partial charge in [0.15, 0.2) is 10.9 Å². The first kappa shape index (κ1) is 15.6. The molecule has 0 bridgehead atoms. The van der Waals surface area contributed by atoms with Crippen LogP contribution in [0, 0.1) is 5.92 Å². The van der Waals surface area contributed by atoms with E-state index in [0.29, 0.717) is 16.7 Å². The molecule has 1 aliphatic carbocycles. The Morgan fingerprint density at radius 3 is 2.90 bits per heavy atom. The number of nitrogens with one attached hydrogen (secondary N) is 1. The summed E-state index contributed by atoms with van der Waals surface area (Å²) >= 11 is 7.38. The van der Waals surface area contributed by atoms with Crippen LogP contribution in [0.25, 0.3) is 0 Å². The van der Waals surface area contributed by atoms with Gasteiger partial charge in [0.1, 0.15) is 0 Å². The van der Waals surface area contributed by atoms with Crippen LogP contribution in [0.3, 0.4) is 0 Å². The van der Waals surface area contributed by atoms with Crippen molar-refractivity contribution in [1.82, 2.24) is 15.3 Å². The lowest BCUT2D eigenvalue weighted by Gasteiger charge is -2.21. The fourth-order valence-electron chi connectivity index (χ4n) is 2.56. The number of rotatable bonds is 5. The summed E-state index contributed by atoms with van der Waals surface area (Å²) in [7, 11) is 0. The van der Waals surface area contributed by atoms with Gasteiger partial charge in [0.05, 0.1) is 11.2 Å². The van der Waals surface area contributed by atoms with Gasteiger partial charge in [0, 0.05) is 6.54 Å². The van der Waals surface area contributed by atoms with Crippen LogP contribution in [0.2, 0.25) is 5.02 Å². The fraction of sp³-hybridized carbons (Fsp3) is 0.643. The predicted octanol–water partition coefficient (Wildman–Crippen LogP) is 3.55. The molecule has 4 nitrogen and oxygen atoms in total. The van der Waals surface area contributed by atoms with E-state index in [2.05, 4.69) is 15.3 Å². The van der Waals surface area contributed by atoms with Gasteiger partial charge in [0.25, 0.3) is 5.91 Å². The highest BCUT2D eigenvalue weighted by Gasteiger charge is 2.16. The lowest BCUT2D eigenvalue weighted by molar-refractivity contribution is 0.0944. The topological polar surface area (TPSA) is 54.9 Å². The molecule has 0 spiro atoms. The smallest absolute Gasteiger partial charge is 0.271 e. The Kier molecular flexibility index (Phi) is 6.10. The molecule has 1 saturated carbocycles. The molecule has 0 unspecified atom stereocenters. The summed E-state index contributed by atoms with van der Waals surface area (Å²) in [4.78, 5) is 20.3. The van der Waals surface area contributed by atoms with Gasteiger partial charge in [-0.05, 0) is 18.6 Å². The standard InChI is InChI=1S/C14H20ClN3OS/c1-20-14-17-9-11(15)12(18-14)13(19)16-8-7-10-5-3-2-4-6-10/h9-10H,2-8H2,1H3,(H,16,19). The van der Waals surface area contributed by atoms with Gasteiger partial charge in [-0.2, -0.15) is 0 Å². The number of halogens is 1. The number of carbonyl (C=O) groups excluding carboxylic acids is 1. The summed E-state index contributed by atoms with van der Waals surface area (Å²) < 4.78 is 0. The summed E-state index contributed by atoms with van der Waals surface area (Å²) in [5.74, 6) is 0.551. The van der Waals surface area contributed by atoms with Crippen molar-refractivity contribution in [3.8, 4) is 0 Å². The molecular weight excluding hydrogens is 294 g/mol. The zero-order valence-electron chi connectivity index (χ0n) is 11.7. The molecule has 110 valence electrons. The average molecular weight is 314 g/mol. The molecule has 0 atom stereocenters. The zero-order chi connectivity index (χ0) is 14.4. The van der Waals surface area contributed by atoms with Crippen LogP contribution < -0.4 is 5.32 Å². The van der Waals surface area contributed by atoms with Crippen molar-refractivity contribution in [3.05, 3.63) is 16.9 Å². The van der Waals surface area contributed by atoms with Gasteiger partial charge in [-0.3, -0.25) is 4.79 Å². The predicted molar refractivity (Wildman–Crippen MR) is 82.3 cm³/mol. The Morgan fingerprint density at radius 2 is 2.20 bits per heavy atom. The summed E-state index contributed by atoms with van der Waals surface area (Å²) in [6, 6.07) is 0. The first-order valence-corrected chi connectivity index (χ1v) is 8.65. The second-order valence-electron chi connectivity index (χ2n) is 5.10. The minimum absolute atomic E-state index is 0.205. The molecule has 1 fully saturated rings. The highest BCUT2D eigenvalue weighted by molar-refractivity contribution is 7.98. The Hall–Kier alpha value is -0.810. The van der Waals surface area contributed by atoms with Crippen LogP contribution in [0.4, 0.5) is 0 Å². The number of aromatic nitrogens is 2. The third-order valence-electron chi connectivity index (χ3n) is 3.68. The number of amides is 1. The summed E-state index contributed by atoms with van der Waals surface area (Å²) in [5, 5.41) is 3.78. The Bertz CT molecular complexity index is 464. The number of hydrogen-bond acceptors (Lipinski definition) is 4. The van der Waals surface area contributed by atoms with Crippen molar-refractivity contribution in [2.75, 3.05) is 12.8 Å². The second-order valence-corrected chi connectivity index (χ2v) is 6.28. The largest absolute Gasteiger partial charge is 0.351 e. The van der Waals surface area contributed by atoms with Crippen molar-refractivity contribution in [3.63, 3.8) is 0 Å². The monoisotopic (exact) mass is 313 g/mol. The first-order valence-electron chi connectivity index (χ1n) is 7.05. The van der Waals surface area contributed by atoms with Crippen LogP contribution >= 0.6 is 23.4 Å². The second kappa shape index (κ2) is 7.84. The molecule has 0 radical (unpaired) electrons. The molecule has 0 aromatic carbocycles. The van der Waals surface area contributed by atoms with Crippen LogP contribution in [0.1, 0.15) is 49.0 Å². The van der Waals surface area contributed by atoms with Crippen molar-refractivity contribution in [2.24, 2.45) is 5.92 Å². The van der Waals surface area contributed by atoms with E-state index in [9.17, 15) is 4.79 Å². The van der Waals surface area contributed by atoms with E-state index in [-0.39, 0.29) is 11.6 Å². The number of carbonyl (C=O) groups is 1. The average Bonchev–Trinajstić information content (AvgIpc) is 2.48. The first-order chi connectivity index (χ1) is 9.70. The van der Waals surface area contributed by atoms with E-state index in [1.807, 2.05) is 6.26 Å². The van der Waals surface area contributed by atoms with E-state index < -0.39 is 0 Å². The van der Waals surface area contributed by atoms with Gasteiger partial charge >= 0.3 is 0 Å². The van der Waals surface area contributed by atoms with Gasteiger partial charge in [-0.1, -0.05) is 55.5 Å². The molecule has 1 aliphatic rings. The molecule has 6 heteroatoms. The minimum atomic E-state index is -0.205. The highest BCUT2D eigenvalue weighted by atomic mass is 35.5. The molecule has 0 aliphatic heterocycles. The SMILES string of the molecule is CSc1ncc(Cl)c(C(=O)NCCC2CCCCC2)n1. The molecular formula is C14H20ClN3OS. The molecule has 1 aromatic heterocycles. The summed E-state index contributed by atoms with van der Waals surface area (Å²) in [6.45, 7) is 0.693. The van der Waals surface area contributed by atoms with Gasteiger partial charge in [-0.25, -0.2) is 9.97 Å². The van der Waals surface area contributed by atoms with Crippen LogP contribution in [0.15, 0.2) is 11.4 Å². The summed E-state index contributed by atoms with van der Waals surface area (Å²) in [6.07, 6.45) is 11.0. The van der Waals surface area contributed by atoms with E-state index >= 15 is 0 Å². The fourth-order valence-corrected chi connectivity index (χ4v) is 3.08. The summed E-state index contributed by atoms with van der Waals surface area (Å²) in [5.41, 5.74) is 0.273. The minimum Gasteiger partial charge on any atom is -0.351 e. The van der Waals surface area contributed by atoms with Gasteiger partial charge in [-0.15, -0.1) is 0 Å². The third kappa shape index (κ3) is 4.35. The Labute approximate surface area is 129 Å². The molecule has 1 heterocycles. The number of hydrogen-bond donors (Lipinski definition) is 1. The third-order valence-corrected chi connectivity index (χ3v) is 4.52. The molecule has 1 aromatic rings. The van der Waals surface area contributed by atoms with E-state index in [1.165, 1.54) is 50.1 Å². The molecule has 1 N–H and O–H groups in total. The Morgan fingerprint density at radius 1 is 1.45 bits per heavy atom. The van der Waals surface area contributed by atoms with Crippen molar-refractivity contribution in [1.29, 1.82) is 0 Å². The van der Waals surface area contributed by atoms with E-state index in [1.54, 1.807) is 0 Å². The van der Waals surface area contributed by atoms with Crippen LogP contribution in [-0.4, -0.2) is 28.7 Å².